The molecule has 2 amide bonds. The van der Waals surface area contributed by atoms with Crippen molar-refractivity contribution in [3.8, 4) is 0 Å². The van der Waals surface area contributed by atoms with E-state index in [1.807, 2.05) is 11.2 Å². The van der Waals surface area contributed by atoms with E-state index in [0.29, 0.717) is 11.7 Å². The van der Waals surface area contributed by atoms with Crippen molar-refractivity contribution in [2.45, 2.75) is 43.5 Å². The molecule has 0 aliphatic carbocycles. The second-order valence-electron chi connectivity index (χ2n) is 7.51. The molecule has 168 valence electrons. The number of piperidine rings is 1. The maximum atomic E-state index is 13.9. The highest BCUT2D eigenvalue weighted by molar-refractivity contribution is 7.98. The Morgan fingerprint density at radius 3 is 2.73 bits per heavy atom. The number of benzene rings is 1. The van der Waals surface area contributed by atoms with Crippen LogP contribution in [0.4, 0.5) is 4.39 Å². The summed E-state index contributed by atoms with van der Waals surface area (Å²) in [5.74, 6) is -0.405. The standard InChI is InChI=1S/C20H30FN3O4S2/c1-15-6-5-12-24(14-15)19(25)9-11-22-20(26)17(10-13-29-2)23-30(27,28)18-8-4-3-7-16(18)21/h3-4,7-8,15,17,23H,5-6,9-14H2,1-2H3,(H,22,26). The summed E-state index contributed by atoms with van der Waals surface area (Å²) >= 11 is 1.47. The quantitative estimate of drug-likeness (QED) is 0.558. The average molecular weight is 460 g/mol. The molecule has 2 unspecified atom stereocenters. The Balaban J connectivity index is 1.94. The number of likely N-dealkylation sites (tertiary alicyclic amines) is 1. The van der Waals surface area contributed by atoms with Crippen molar-refractivity contribution < 1.29 is 22.4 Å². The van der Waals surface area contributed by atoms with E-state index in [1.165, 1.54) is 23.9 Å². The SMILES string of the molecule is CSCCC(NS(=O)(=O)c1ccccc1F)C(=O)NCCC(=O)N1CCCC(C)C1. The third kappa shape index (κ3) is 7.24. The van der Waals surface area contributed by atoms with Gasteiger partial charge in [0.05, 0.1) is 0 Å². The van der Waals surface area contributed by atoms with Crippen molar-refractivity contribution in [1.29, 1.82) is 0 Å². The van der Waals surface area contributed by atoms with E-state index in [4.69, 9.17) is 0 Å². The molecular formula is C20H30FN3O4S2. The van der Waals surface area contributed by atoms with Crippen LogP contribution in [0.5, 0.6) is 0 Å². The number of sulfonamides is 1. The molecule has 1 fully saturated rings. The van der Waals surface area contributed by atoms with Gasteiger partial charge in [0.1, 0.15) is 16.8 Å². The lowest BCUT2D eigenvalue weighted by molar-refractivity contribution is -0.132. The Morgan fingerprint density at radius 2 is 2.07 bits per heavy atom. The van der Waals surface area contributed by atoms with Crippen LogP contribution in [0.15, 0.2) is 29.2 Å². The summed E-state index contributed by atoms with van der Waals surface area (Å²) in [6.45, 7) is 3.69. The van der Waals surface area contributed by atoms with Crippen LogP contribution in [0.1, 0.15) is 32.6 Å². The fourth-order valence-electron chi connectivity index (χ4n) is 3.38. The second kappa shape index (κ2) is 11.7. The Kier molecular flexibility index (Phi) is 9.57. The molecule has 0 saturated carbocycles. The van der Waals surface area contributed by atoms with Crippen LogP contribution in [0.3, 0.4) is 0 Å². The third-order valence-corrected chi connectivity index (χ3v) is 7.15. The zero-order valence-electron chi connectivity index (χ0n) is 17.4. The smallest absolute Gasteiger partial charge is 0.244 e. The highest BCUT2D eigenvalue weighted by atomic mass is 32.2. The summed E-state index contributed by atoms with van der Waals surface area (Å²) in [5.41, 5.74) is 0. The van der Waals surface area contributed by atoms with Crippen LogP contribution < -0.4 is 10.0 Å². The van der Waals surface area contributed by atoms with Crippen LogP contribution in [0.2, 0.25) is 0 Å². The van der Waals surface area contributed by atoms with Crippen molar-refractivity contribution in [3.05, 3.63) is 30.1 Å². The monoisotopic (exact) mass is 459 g/mol. The summed E-state index contributed by atoms with van der Waals surface area (Å²) in [6, 6.07) is 3.97. The lowest BCUT2D eigenvalue weighted by Gasteiger charge is -2.31. The van der Waals surface area contributed by atoms with Crippen molar-refractivity contribution >= 4 is 33.6 Å². The predicted molar refractivity (Wildman–Crippen MR) is 116 cm³/mol. The molecule has 10 heteroatoms. The van der Waals surface area contributed by atoms with Gasteiger partial charge in [-0.3, -0.25) is 9.59 Å². The van der Waals surface area contributed by atoms with E-state index in [1.54, 1.807) is 0 Å². The van der Waals surface area contributed by atoms with E-state index < -0.39 is 32.7 Å². The van der Waals surface area contributed by atoms with Gasteiger partial charge in [-0.05, 0) is 49.3 Å². The van der Waals surface area contributed by atoms with E-state index >= 15 is 0 Å². The molecular weight excluding hydrogens is 429 g/mol. The van der Waals surface area contributed by atoms with Crippen LogP contribution in [-0.2, 0) is 19.6 Å². The molecule has 1 aliphatic heterocycles. The highest BCUT2D eigenvalue weighted by Crippen LogP contribution is 2.16. The Hall–Kier alpha value is -1.65. The van der Waals surface area contributed by atoms with E-state index in [0.717, 1.165) is 38.1 Å². The third-order valence-electron chi connectivity index (χ3n) is 5.00. The fraction of sp³-hybridized carbons (Fsp3) is 0.600. The molecule has 2 N–H and O–H groups in total. The molecule has 1 heterocycles. The highest BCUT2D eigenvalue weighted by Gasteiger charge is 2.27. The van der Waals surface area contributed by atoms with Gasteiger partial charge in [0, 0.05) is 26.1 Å². The van der Waals surface area contributed by atoms with Gasteiger partial charge in [0.25, 0.3) is 0 Å². The van der Waals surface area contributed by atoms with Crippen LogP contribution in [0.25, 0.3) is 0 Å². The van der Waals surface area contributed by atoms with Crippen LogP contribution >= 0.6 is 11.8 Å². The van der Waals surface area contributed by atoms with Crippen LogP contribution in [0, 0.1) is 11.7 Å². The predicted octanol–water partition coefficient (Wildman–Crippen LogP) is 1.99. The number of rotatable bonds is 10. The van der Waals surface area contributed by atoms with E-state index in [2.05, 4.69) is 17.0 Å². The van der Waals surface area contributed by atoms with Gasteiger partial charge >= 0.3 is 0 Å². The van der Waals surface area contributed by atoms with Crippen molar-refractivity contribution in [1.82, 2.24) is 14.9 Å². The van der Waals surface area contributed by atoms with E-state index in [-0.39, 0.29) is 25.3 Å². The summed E-state index contributed by atoms with van der Waals surface area (Å²) in [7, 11) is -4.20. The number of thioether (sulfide) groups is 1. The molecule has 0 aromatic heterocycles. The molecule has 1 aromatic carbocycles. The average Bonchev–Trinajstić information content (AvgIpc) is 2.71. The van der Waals surface area contributed by atoms with Gasteiger partial charge in [-0.1, -0.05) is 19.1 Å². The van der Waals surface area contributed by atoms with Gasteiger partial charge in [0.15, 0.2) is 0 Å². The molecule has 2 atom stereocenters. The zero-order valence-corrected chi connectivity index (χ0v) is 19.0. The van der Waals surface area contributed by atoms with E-state index in [9.17, 15) is 22.4 Å². The normalized spacial score (nSPS) is 18.1. The van der Waals surface area contributed by atoms with Gasteiger partial charge in [-0.2, -0.15) is 16.5 Å². The summed E-state index contributed by atoms with van der Waals surface area (Å²) < 4.78 is 41.3. The minimum Gasteiger partial charge on any atom is -0.354 e. The number of halogens is 1. The number of hydrogen-bond donors (Lipinski definition) is 2. The van der Waals surface area contributed by atoms with Gasteiger partial charge in [0.2, 0.25) is 21.8 Å². The Morgan fingerprint density at radius 1 is 1.33 bits per heavy atom. The van der Waals surface area contributed by atoms with Gasteiger partial charge < -0.3 is 10.2 Å². The molecule has 1 aromatic rings. The minimum absolute atomic E-state index is 0.0190. The maximum Gasteiger partial charge on any atom is 0.244 e. The van der Waals surface area contributed by atoms with Crippen molar-refractivity contribution in [3.63, 3.8) is 0 Å². The first-order valence-corrected chi connectivity index (χ1v) is 12.9. The number of carbonyl (C=O) groups is 2. The molecule has 2 rings (SSSR count). The number of amides is 2. The van der Waals surface area contributed by atoms with Gasteiger partial charge in [-0.15, -0.1) is 0 Å². The summed E-state index contributed by atoms with van der Waals surface area (Å²) in [4.78, 5) is 26.2. The first-order valence-electron chi connectivity index (χ1n) is 10.1. The molecule has 7 nitrogen and oxygen atoms in total. The lowest BCUT2D eigenvalue weighted by Crippen LogP contribution is -2.48. The molecule has 30 heavy (non-hydrogen) atoms. The fourth-order valence-corrected chi connectivity index (χ4v) is 5.16. The largest absolute Gasteiger partial charge is 0.354 e. The number of nitrogens with zero attached hydrogens (tertiary/aromatic N) is 1. The Bertz CT molecular complexity index is 835. The lowest BCUT2D eigenvalue weighted by atomic mass is 10.00. The molecule has 0 bridgehead atoms. The zero-order chi connectivity index (χ0) is 22.1. The van der Waals surface area contributed by atoms with Crippen molar-refractivity contribution in [2.24, 2.45) is 5.92 Å². The topological polar surface area (TPSA) is 95.6 Å². The van der Waals surface area contributed by atoms with Crippen molar-refractivity contribution in [2.75, 3.05) is 31.6 Å². The molecule has 1 saturated heterocycles. The number of hydrogen-bond acceptors (Lipinski definition) is 5. The summed E-state index contributed by atoms with van der Waals surface area (Å²) in [6.07, 6.45) is 4.35. The number of nitrogens with one attached hydrogen (secondary N) is 2. The first-order chi connectivity index (χ1) is 14.2. The maximum absolute atomic E-state index is 13.9. The molecule has 0 spiro atoms. The Labute approximate surface area is 182 Å². The molecule has 0 radical (unpaired) electrons. The first kappa shape index (κ1) is 24.6. The molecule has 1 aliphatic rings. The summed E-state index contributed by atoms with van der Waals surface area (Å²) in [5, 5.41) is 2.65. The second-order valence-corrected chi connectivity index (χ2v) is 10.2. The van der Waals surface area contributed by atoms with Gasteiger partial charge in [-0.25, -0.2) is 12.8 Å². The minimum atomic E-state index is -4.20. The number of carbonyl (C=O) groups excluding carboxylic acids is 2. The van der Waals surface area contributed by atoms with Crippen LogP contribution in [-0.4, -0.2) is 62.8 Å².